The predicted molar refractivity (Wildman–Crippen MR) is 131 cm³/mol. The van der Waals surface area contributed by atoms with E-state index in [4.69, 9.17) is 11.6 Å². The van der Waals surface area contributed by atoms with Crippen molar-refractivity contribution in [3.8, 4) is 5.82 Å². The number of carbonyl (C=O) groups excluding carboxylic acids is 3. The molecule has 3 amide bonds. The molecule has 0 fully saturated rings. The third kappa shape index (κ3) is 5.34. The standard InChI is InChI=1S/C20H16Br2ClN5O3S/c1-10(29)26-27-19(30)12-8-11(21)9-13(22)17(12)25-20(31)15-5-6-16(32-2)28(15)18-14(23)4-3-7-24-18/h3-9H,1-2H3,(H,25,31)(H,26,29)(H,27,30). The maximum Gasteiger partial charge on any atom is 0.272 e. The van der Waals surface area contributed by atoms with Gasteiger partial charge >= 0.3 is 0 Å². The van der Waals surface area contributed by atoms with Crippen LogP contribution in [0.4, 0.5) is 5.69 Å². The first-order chi connectivity index (χ1) is 15.2. The number of halogens is 3. The molecule has 3 N–H and O–H groups in total. The minimum atomic E-state index is -0.606. The van der Waals surface area contributed by atoms with Gasteiger partial charge in [-0.05, 0) is 58.6 Å². The van der Waals surface area contributed by atoms with Crippen molar-refractivity contribution in [1.29, 1.82) is 0 Å². The van der Waals surface area contributed by atoms with Crippen LogP contribution in [-0.2, 0) is 4.79 Å². The van der Waals surface area contributed by atoms with Gasteiger partial charge in [0.2, 0.25) is 5.91 Å². The number of nitrogens with zero attached hydrogens (tertiary/aromatic N) is 2. The molecule has 0 aliphatic heterocycles. The lowest BCUT2D eigenvalue weighted by Gasteiger charge is -2.16. The van der Waals surface area contributed by atoms with Crippen LogP contribution in [-0.4, -0.2) is 33.5 Å². The first-order valence-corrected chi connectivity index (χ1v) is 12.2. The number of pyridine rings is 1. The summed E-state index contributed by atoms with van der Waals surface area (Å²) in [6.45, 7) is 1.26. The molecule has 2 heterocycles. The van der Waals surface area contributed by atoms with E-state index in [1.54, 1.807) is 41.1 Å². The quantitative estimate of drug-likeness (QED) is 0.288. The smallest absolute Gasteiger partial charge is 0.272 e. The molecular formula is C20H16Br2ClN5O3S. The lowest BCUT2D eigenvalue weighted by atomic mass is 10.1. The molecule has 0 unspecified atom stereocenters. The summed E-state index contributed by atoms with van der Waals surface area (Å²) < 4.78 is 2.71. The molecular weight excluding hydrogens is 586 g/mol. The SMILES string of the molecule is CSc1ccc(C(=O)Nc2c(Br)cc(Br)cc2C(=O)NNC(C)=O)n1-c1ncccc1Cl. The Hall–Kier alpha value is -2.34. The Kier molecular flexibility index (Phi) is 7.99. The monoisotopic (exact) mass is 599 g/mol. The Bertz CT molecular complexity index is 1220. The average Bonchev–Trinajstić information content (AvgIpc) is 3.18. The second-order valence-corrected chi connectivity index (χ2v) is 9.31. The van der Waals surface area contributed by atoms with Crippen LogP contribution in [0.3, 0.4) is 0 Å². The summed E-state index contributed by atoms with van der Waals surface area (Å²) in [5, 5.41) is 3.92. The summed E-state index contributed by atoms with van der Waals surface area (Å²) in [6, 6.07) is 10.0. The van der Waals surface area contributed by atoms with Gasteiger partial charge in [0.25, 0.3) is 11.8 Å². The number of anilines is 1. The number of benzene rings is 1. The fraction of sp³-hybridized carbons (Fsp3) is 0.100. The fourth-order valence-electron chi connectivity index (χ4n) is 2.78. The minimum Gasteiger partial charge on any atom is -0.319 e. The summed E-state index contributed by atoms with van der Waals surface area (Å²) in [5.74, 6) is -1.12. The van der Waals surface area contributed by atoms with Gasteiger partial charge in [-0.1, -0.05) is 27.5 Å². The van der Waals surface area contributed by atoms with Crippen LogP contribution in [0.15, 0.2) is 56.6 Å². The highest BCUT2D eigenvalue weighted by Gasteiger charge is 2.23. The molecule has 0 spiro atoms. The third-order valence-electron chi connectivity index (χ3n) is 4.13. The summed E-state index contributed by atoms with van der Waals surface area (Å²) >= 11 is 14.5. The molecule has 166 valence electrons. The van der Waals surface area contributed by atoms with Gasteiger partial charge in [0.05, 0.1) is 21.3 Å². The van der Waals surface area contributed by atoms with Crippen LogP contribution < -0.4 is 16.2 Å². The molecule has 0 aliphatic carbocycles. The molecule has 32 heavy (non-hydrogen) atoms. The molecule has 1 aromatic carbocycles. The van der Waals surface area contributed by atoms with E-state index in [9.17, 15) is 14.4 Å². The van der Waals surface area contributed by atoms with Crippen LogP contribution in [0.2, 0.25) is 5.02 Å². The molecule has 3 rings (SSSR count). The van der Waals surface area contributed by atoms with Crippen molar-refractivity contribution >= 4 is 78.6 Å². The number of hydrazine groups is 1. The van der Waals surface area contributed by atoms with Gasteiger partial charge in [-0.3, -0.25) is 29.8 Å². The van der Waals surface area contributed by atoms with Crippen molar-refractivity contribution in [2.75, 3.05) is 11.6 Å². The fourth-order valence-corrected chi connectivity index (χ4v) is 4.89. The second-order valence-electron chi connectivity index (χ2n) is 6.30. The molecule has 12 heteroatoms. The summed E-state index contributed by atoms with van der Waals surface area (Å²) in [4.78, 5) is 41.4. The van der Waals surface area contributed by atoms with Gasteiger partial charge < -0.3 is 5.32 Å². The van der Waals surface area contributed by atoms with Gasteiger partial charge in [0.1, 0.15) is 5.69 Å². The number of aromatic nitrogens is 2. The highest BCUT2D eigenvalue weighted by Crippen LogP contribution is 2.32. The van der Waals surface area contributed by atoms with Gasteiger partial charge in [-0.15, -0.1) is 11.8 Å². The first kappa shape index (κ1) is 24.3. The Morgan fingerprint density at radius 2 is 1.84 bits per heavy atom. The Labute approximate surface area is 209 Å². The third-order valence-corrected chi connectivity index (χ3v) is 6.24. The molecule has 0 bridgehead atoms. The van der Waals surface area contributed by atoms with E-state index in [0.717, 1.165) is 5.03 Å². The van der Waals surface area contributed by atoms with Crippen molar-refractivity contribution in [2.24, 2.45) is 0 Å². The Balaban J connectivity index is 2.02. The van der Waals surface area contributed by atoms with Gasteiger partial charge in [0.15, 0.2) is 5.82 Å². The van der Waals surface area contributed by atoms with E-state index in [1.165, 1.54) is 24.8 Å². The second kappa shape index (κ2) is 10.5. The number of rotatable bonds is 5. The molecule has 8 nitrogen and oxygen atoms in total. The van der Waals surface area contributed by atoms with Crippen LogP contribution >= 0.6 is 55.2 Å². The predicted octanol–water partition coefficient (Wildman–Crippen LogP) is 4.81. The Morgan fingerprint density at radius 1 is 1.09 bits per heavy atom. The molecule has 0 atom stereocenters. The molecule has 0 aliphatic rings. The largest absolute Gasteiger partial charge is 0.319 e. The number of nitrogens with one attached hydrogen (secondary N) is 3. The van der Waals surface area contributed by atoms with Gasteiger partial charge in [-0.2, -0.15) is 0 Å². The van der Waals surface area contributed by atoms with E-state index in [-0.39, 0.29) is 16.9 Å². The summed E-state index contributed by atoms with van der Waals surface area (Å²) in [5.41, 5.74) is 5.16. The van der Waals surface area contributed by atoms with E-state index in [1.807, 2.05) is 6.26 Å². The van der Waals surface area contributed by atoms with Crippen molar-refractivity contribution in [3.63, 3.8) is 0 Å². The molecule has 2 aromatic heterocycles. The van der Waals surface area contributed by atoms with Crippen LogP contribution in [0.25, 0.3) is 5.82 Å². The van der Waals surface area contributed by atoms with Gasteiger partial charge in [0, 0.05) is 22.1 Å². The van der Waals surface area contributed by atoms with Crippen LogP contribution in [0.5, 0.6) is 0 Å². The normalized spacial score (nSPS) is 10.5. The van der Waals surface area contributed by atoms with E-state index >= 15 is 0 Å². The minimum absolute atomic E-state index is 0.132. The number of hydrogen-bond donors (Lipinski definition) is 3. The summed E-state index contributed by atoms with van der Waals surface area (Å²) in [6.07, 6.45) is 3.46. The van der Waals surface area contributed by atoms with E-state index < -0.39 is 17.7 Å². The van der Waals surface area contributed by atoms with Crippen molar-refractivity contribution in [2.45, 2.75) is 11.9 Å². The van der Waals surface area contributed by atoms with E-state index in [2.05, 4.69) is 53.0 Å². The highest BCUT2D eigenvalue weighted by atomic mass is 79.9. The highest BCUT2D eigenvalue weighted by molar-refractivity contribution is 9.11. The van der Waals surface area contributed by atoms with Crippen LogP contribution in [0.1, 0.15) is 27.8 Å². The lowest BCUT2D eigenvalue weighted by Crippen LogP contribution is -2.40. The van der Waals surface area contributed by atoms with Crippen molar-refractivity contribution in [3.05, 3.63) is 67.8 Å². The maximum atomic E-state index is 13.3. The van der Waals surface area contributed by atoms with Crippen molar-refractivity contribution < 1.29 is 14.4 Å². The zero-order valence-electron chi connectivity index (χ0n) is 16.7. The molecule has 0 saturated heterocycles. The lowest BCUT2D eigenvalue weighted by molar-refractivity contribution is -0.119. The average molecular weight is 602 g/mol. The first-order valence-electron chi connectivity index (χ1n) is 8.97. The maximum absolute atomic E-state index is 13.3. The zero-order valence-corrected chi connectivity index (χ0v) is 21.4. The number of amides is 3. The number of hydrogen-bond acceptors (Lipinski definition) is 5. The topological polar surface area (TPSA) is 105 Å². The van der Waals surface area contributed by atoms with E-state index in [0.29, 0.717) is 19.8 Å². The number of carbonyl (C=O) groups is 3. The molecule has 3 aromatic rings. The number of thioether (sulfide) groups is 1. The molecule has 0 radical (unpaired) electrons. The summed E-state index contributed by atoms with van der Waals surface area (Å²) in [7, 11) is 0. The molecule has 0 saturated carbocycles. The van der Waals surface area contributed by atoms with Crippen molar-refractivity contribution in [1.82, 2.24) is 20.4 Å². The van der Waals surface area contributed by atoms with Crippen LogP contribution in [0, 0.1) is 0 Å². The zero-order chi connectivity index (χ0) is 23.4. The Morgan fingerprint density at radius 3 is 2.50 bits per heavy atom. The van der Waals surface area contributed by atoms with Gasteiger partial charge in [-0.25, -0.2) is 4.98 Å².